The van der Waals surface area contributed by atoms with Crippen LogP contribution >= 0.6 is 11.3 Å². The average Bonchev–Trinajstić information content (AvgIpc) is 2.75. The van der Waals surface area contributed by atoms with Crippen LogP contribution in [0.5, 0.6) is 0 Å². The van der Waals surface area contributed by atoms with Gasteiger partial charge in [0.1, 0.15) is 0 Å². The summed E-state index contributed by atoms with van der Waals surface area (Å²) in [5.41, 5.74) is 1.43. The van der Waals surface area contributed by atoms with Crippen molar-refractivity contribution in [3.8, 4) is 0 Å². The minimum Gasteiger partial charge on any atom is -0.314 e. The lowest BCUT2D eigenvalue weighted by atomic mass is 10.1. The highest BCUT2D eigenvalue weighted by Gasteiger charge is 2.14. The molecule has 2 heterocycles. The minimum atomic E-state index is -0.336. The smallest absolute Gasteiger partial charge is 0.188 e. The molecule has 2 aromatic rings. The van der Waals surface area contributed by atoms with Crippen molar-refractivity contribution in [3.05, 3.63) is 34.7 Å². The van der Waals surface area contributed by atoms with Crippen LogP contribution in [0, 0.1) is 12.7 Å². The Labute approximate surface area is 122 Å². The molecular formula is C14H19FN4S. The molecule has 0 aliphatic carbocycles. The number of hydrogen-bond acceptors (Lipinski definition) is 5. The second-order valence-corrected chi connectivity index (χ2v) is 6.51. The van der Waals surface area contributed by atoms with E-state index in [4.69, 9.17) is 0 Å². The molecule has 0 fully saturated rings. The van der Waals surface area contributed by atoms with Crippen molar-refractivity contribution in [1.29, 1.82) is 0 Å². The Hall–Kier alpha value is -1.53. The van der Waals surface area contributed by atoms with E-state index in [1.807, 2.05) is 33.1 Å². The van der Waals surface area contributed by atoms with Gasteiger partial charge >= 0.3 is 0 Å². The SMILES string of the molecule is Cc1csc(Nc2nccc(CNC(C)(C)C)c2F)n1. The molecule has 0 spiro atoms. The van der Waals surface area contributed by atoms with Crippen LogP contribution in [-0.4, -0.2) is 15.5 Å². The van der Waals surface area contributed by atoms with Crippen LogP contribution in [-0.2, 0) is 6.54 Å². The molecule has 0 atom stereocenters. The van der Waals surface area contributed by atoms with E-state index in [2.05, 4.69) is 20.6 Å². The molecule has 2 rings (SSSR count). The first-order chi connectivity index (χ1) is 9.35. The number of nitrogens with zero attached hydrogens (tertiary/aromatic N) is 2. The number of aromatic nitrogens is 2. The van der Waals surface area contributed by atoms with Gasteiger partial charge in [0, 0.05) is 29.2 Å². The summed E-state index contributed by atoms with van der Waals surface area (Å²) in [6.07, 6.45) is 1.60. The van der Waals surface area contributed by atoms with Gasteiger partial charge in [0.2, 0.25) is 0 Å². The van der Waals surface area contributed by atoms with Crippen molar-refractivity contribution in [3.63, 3.8) is 0 Å². The third-order valence-corrected chi connectivity index (χ3v) is 3.50. The highest BCUT2D eigenvalue weighted by molar-refractivity contribution is 7.13. The maximum absolute atomic E-state index is 14.4. The third kappa shape index (κ3) is 3.98. The number of thiazole rings is 1. The van der Waals surface area contributed by atoms with Gasteiger partial charge < -0.3 is 10.6 Å². The molecule has 0 amide bonds. The lowest BCUT2D eigenvalue weighted by Gasteiger charge is -2.21. The summed E-state index contributed by atoms with van der Waals surface area (Å²) in [7, 11) is 0. The molecule has 6 heteroatoms. The summed E-state index contributed by atoms with van der Waals surface area (Å²) in [6.45, 7) is 8.50. The van der Waals surface area contributed by atoms with E-state index in [9.17, 15) is 4.39 Å². The number of pyridine rings is 1. The van der Waals surface area contributed by atoms with Gasteiger partial charge in [-0.05, 0) is 33.8 Å². The number of anilines is 2. The van der Waals surface area contributed by atoms with Gasteiger partial charge in [0.25, 0.3) is 0 Å². The molecule has 0 aliphatic rings. The number of halogens is 1. The molecule has 0 aromatic carbocycles. The van der Waals surface area contributed by atoms with Crippen molar-refractivity contribution in [2.45, 2.75) is 39.8 Å². The zero-order valence-corrected chi connectivity index (χ0v) is 12.9. The zero-order chi connectivity index (χ0) is 14.8. The standard InChI is InChI=1S/C14H19FN4S/c1-9-8-20-13(18-9)19-12-11(15)10(5-6-16-12)7-17-14(2,3)4/h5-6,8,17H,7H2,1-4H3,(H,16,18,19). The number of rotatable bonds is 4. The van der Waals surface area contributed by atoms with Gasteiger partial charge in [-0.25, -0.2) is 14.4 Å². The Morgan fingerprint density at radius 3 is 2.70 bits per heavy atom. The summed E-state index contributed by atoms with van der Waals surface area (Å²) >= 11 is 1.43. The Morgan fingerprint density at radius 2 is 2.10 bits per heavy atom. The van der Waals surface area contributed by atoms with Crippen molar-refractivity contribution in [1.82, 2.24) is 15.3 Å². The minimum absolute atomic E-state index is 0.0598. The molecule has 0 unspecified atom stereocenters. The summed E-state index contributed by atoms with van der Waals surface area (Å²) in [4.78, 5) is 8.29. The zero-order valence-electron chi connectivity index (χ0n) is 12.1. The highest BCUT2D eigenvalue weighted by atomic mass is 32.1. The molecule has 2 N–H and O–H groups in total. The summed E-state index contributed by atoms with van der Waals surface area (Å²) in [6, 6.07) is 1.69. The normalized spacial score (nSPS) is 11.7. The van der Waals surface area contributed by atoms with Crippen molar-refractivity contribution < 1.29 is 4.39 Å². The van der Waals surface area contributed by atoms with Crippen LogP contribution in [0.15, 0.2) is 17.6 Å². The Kier molecular flexibility index (Phi) is 4.35. The van der Waals surface area contributed by atoms with Crippen LogP contribution in [0.3, 0.4) is 0 Å². The van der Waals surface area contributed by atoms with Crippen molar-refractivity contribution >= 4 is 22.3 Å². The van der Waals surface area contributed by atoms with Gasteiger partial charge in [-0.2, -0.15) is 0 Å². The average molecular weight is 294 g/mol. The maximum atomic E-state index is 14.4. The van der Waals surface area contributed by atoms with Gasteiger partial charge in [0.15, 0.2) is 16.8 Å². The van der Waals surface area contributed by atoms with Crippen LogP contribution in [0.4, 0.5) is 15.3 Å². The van der Waals surface area contributed by atoms with E-state index in [0.29, 0.717) is 17.2 Å². The molecule has 2 aromatic heterocycles. The molecule has 0 saturated heterocycles. The molecular weight excluding hydrogens is 275 g/mol. The summed E-state index contributed by atoms with van der Waals surface area (Å²) in [5, 5.41) is 8.75. The van der Waals surface area contributed by atoms with Gasteiger partial charge in [-0.3, -0.25) is 0 Å². The molecule has 0 aliphatic heterocycles. The van der Waals surface area contributed by atoms with E-state index < -0.39 is 0 Å². The second-order valence-electron chi connectivity index (χ2n) is 5.66. The first kappa shape index (κ1) is 14.9. The molecule has 108 valence electrons. The van der Waals surface area contributed by atoms with E-state index in [-0.39, 0.29) is 17.2 Å². The van der Waals surface area contributed by atoms with E-state index >= 15 is 0 Å². The Morgan fingerprint density at radius 1 is 1.35 bits per heavy atom. The third-order valence-electron chi connectivity index (χ3n) is 2.62. The van der Waals surface area contributed by atoms with Gasteiger partial charge in [0.05, 0.1) is 5.69 Å². The van der Waals surface area contributed by atoms with Crippen LogP contribution in [0.1, 0.15) is 32.0 Å². The van der Waals surface area contributed by atoms with Crippen molar-refractivity contribution in [2.75, 3.05) is 5.32 Å². The summed E-state index contributed by atoms with van der Waals surface area (Å²) in [5.74, 6) is -0.121. The van der Waals surface area contributed by atoms with E-state index in [0.717, 1.165) is 5.69 Å². The fraction of sp³-hybridized carbons (Fsp3) is 0.429. The predicted octanol–water partition coefficient (Wildman–Crippen LogP) is 3.62. The molecule has 0 bridgehead atoms. The lowest BCUT2D eigenvalue weighted by molar-refractivity contribution is 0.418. The Bertz CT molecular complexity index is 589. The molecule has 20 heavy (non-hydrogen) atoms. The first-order valence-corrected chi connectivity index (χ1v) is 7.31. The van der Waals surface area contributed by atoms with Crippen molar-refractivity contribution in [2.24, 2.45) is 0 Å². The van der Waals surface area contributed by atoms with Gasteiger partial charge in [-0.1, -0.05) is 0 Å². The van der Waals surface area contributed by atoms with Crippen LogP contribution in [0.2, 0.25) is 0 Å². The number of hydrogen-bond donors (Lipinski definition) is 2. The summed E-state index contributed by atoms with van der Waals surface area (Å²) < 4.78 is 14.4. The number of nitrogens with one attached hydrogen (secondary N) is 2. The molecule has 0 radical (unpaired) electrons. The quantitative estimate of drug-likeness (QED) is 0.904. The molecule has 4 nitrogen and oxygen atoms in total. The fourth-order valence-corrected chi connectivity index (χ4v) is 2.27. The second kappa shape index (κ2) is 5.85. The van der Waals surface area contributed by atoms with Crippen LogP contribution < -0.4 is 10.6 Å². The fourth-order valence-electron chi connectivity index (χ4n) is 1.58. The topological polar surface area (TPSA) is 49.8 Å². The van der Waals surface area contributed by atoms with E-state index in [1.165, 1.54) is 11.3 Å². The maximum Gasteiger partial charge on any atom is 0.188 e. The molecule has 0 saturated carbocycles. The first-order valence-electron chi connectivity index (χ1n) is 6.43. The van der Waals surface area contributed by atoms with E-state index in [1.54, 1.807) is 12.3 Å². The lowest BCUT2D eigenvalue weighted by Crippen LogP contribution is -2.35. The predicted molar refractivity (Wildman–Crippen MR) is 80.9 cm³/mol. The Balaban J connectivity index is 2.14. The highest BCUT2D eigenvalue weighted by Crippen LogP contribution is 2.23. The largest absolute Gasteiger partial charge is 0.314 e. The monoisotopic (exact) mass is 294 g/mol. The number of aryl methyl sites for hydroxylation is 1. The van der Waals surface area contributed by atoms with Gasteiger partial charge in [-0.15, -0.1) is 11.3 Å². The van der Waals surface area contributed by atoms with Crippen LogP contribution in [0.25, 0.3) is 0 Å².